The van der Waals surface area contributed by atoms with Crippen LogP contribution < -0.4 is 10.9 Å². The number of benzene rings is 1. The highest BCUT2D eigenvalue weighted by atomic mass is 16.5. The number of morpholine rings is 1. The lowest BCUT2D eigenvalue weighted by Gasteiger charge is -2.26. The molecule has 1 aromatic carbocycles. The predicted molar refractivity (Wildman–Crippen MR) is 97.6 cm³/mol. The maximum Gasteiger partial charge on any atom is 0.340 e. The molecule has 0 radical (unpaired) electrons. The number of amides is 1. The van der Waals surface area contributed by atoms with Crippen LogP contribution in [0.25, 0.3) is 11.0 Å². The minimum atomic E-state index is -0.539. The zero-order chi connectivity index (χ0) is 18.7. The van der Waals surface area contributed by atoms with Crippen molar-refractivity contribution in [3.8, 4) is 5.75 Å². The normalized spacial score (nSPS) is 15.3. The van der Waals surface area contributed by atoms with Crippen molar-refractivity contribution in [2.75, 3.05) is 39.4 Å². The summed E-state index contributed by atoms with van der Waals surface area (Å²) in [5.74, 6) is -0.185. The summed E-state index contributed by atoms with van der Waals surface area (Å²) in [6.07, 6.45) is -0.0689. The molecule has 1 aliphatic rings. The molecule has 2 heterocycles. The van der Waals surface area contributed by atoms with Crippen LogP contribution in [0.1, 0.15) is 16.7 Å². The Kier molecular flexibility index (Phi) is 5.58. The number of aryl methyl sites for hydroxylation is 2. The number of rotatable bonds is 5. The number of phenols is 1. The maximum atomic E-state index is 12.3. The van der Waals surface area contributed by atoms with Crippen LogP contribution in [0.3, 0.4) is 0 Å². The van der Waals surface area contributed by atoms with E-state index in [1.54, 1.807) is 19.1 Å². The van der Waals surface area contributed by atoms with Gasteiger partial charge in [0, 0.05) is 26.2 Å². The third-order valence-electron chi connectivity index (χ3n) is 4.69. The Labute approximate surface area is 151 Å². The van der Waals surface area contributed by atoms with E-state index in [0.29, 0.717) is 36.3 Å². The Morgan fingerprint density at radius 1 is 1.27 bits per heavy atom. The number of fused-ring (bicyclic) bond motifs is 1. The number of ether oxygens (including phenoxy) is 1. The minimum absolute atomic E-state index is 0.0511. The first-order valence-corrected chi connectivity index (χ1v) is 8.78. The Balaban J connectivity index is 1.69. The molecule has 1 aliphatic heterocycles. The van der Waals surface area contributed by atoms with Crippen LogP contribution >= 0.6 is 0 Å². The lowest BCUT2D eigenvalue weighted by Crippen LogP contribution is -2.41. The van der Waals surface area contributed by atoms with Crippen LogP contribution in [0.2, 0.25) is 0 Å². The summed E-state index contributed by atoms with van der Waals surface area (Å²) in [4.78, 5) is 26.7. The van der Waals surface area contributed by atoms with E-state index < -0.39 is 5.63 Å². The monoisotopic (exact) mass is 360 g/mol. The summed E-state index contributed by atoms with van der Waals surface area (Å²) in [5, 5.41) is 13.5. The molecule has 0 saturated carbocycles. The molecule has 140 valence electrons. The summed E-state index contributed by atoms with van der Waals surface area (Å²) in [6.45, 7) is 7.96. The number of carbonyl (C=O) groups excluding carboxylic acids is 1. The molecule has 0 unspecified atom stereocenters. The topological polar surface area (TPSA) is 92.0 Å². The first kappa shape index (κ1) is 18.4. The van der Waals surface area contributed by atoms with Gasteiger partial charge in [-0.05, 0) is 37.1 Å². The molecule has 1 amide bonds. The molecule has 1 aromatic heterocycles. The van der Waals surface area contributed by atoms with Gasteiger partial charge in [0.2, 0.25) is 5.91 Å². The SMILES string of the molecule is Cc1cc(O)c2c(C)c(CC(=O)NCCN3CCOCC3)c(=O)oc2c1. The molecular formula is C19H24N2O5. The molecule has 0 atom stereocenters. The van der Waals surface area contributed by atoms with E-state index in [1.807, 2.05) is 6.92 Å². The van der Waals surface area contributed by atoms with Crippen molar-refractivity contribution in [2.24, 2.45) is 0 Å². The van der Waals surface area contributed by atoms with E-state index in [2.05, 4.69) is 10.2 Å². The molecule has 2 N–H and O–H groups in total. The molecule has 0 bridgehead atoms. The second-order valence-corrected chi connectivity index (χ2v) is 6.63. The third-order valence-corrected chi connectivity index (χ3v) is 4.69. The van der Waals surface area contributed by atoms with Crippen LogP contribution in [0.15, 0.2) is 21.3 Å². The molecule has 0 aliphatic carbocycles. The van der Waals surface area contributed by atoms with Crippen LogP contribution in [0.5, 0.6) is 5.75 Å². The summed E-state index contributed by atoms with van der Waals surface area (Å²) in [6, 6.07) is 3.32. The summed E-state index contributed by atoms with van der Waals surface area (Å²) in [7, 11) is 0. The second-order valence-electron chi connectivity index (χ2n) is 6.63. The highest BCUT2D eigenvalue weighted by Gasteiger charge is 2.17. The lowest BCUT2D eigenvalue weighted by atomic mass is 10.0. The van der Waals surface area contributed by atoms with Gasteiger partial charge in [0.05, 0.1) is 30.6 Å². The zero-order valence-electron chi connectivity index (χ0n) is 15.1. The quantitative estimate of drug-likeness (QED) is 0.776. The molecule has 26 heavy (non-hydrogen) atoms. The second kappa shape index (κ2) is 7.88. The molecule has 3 rings (SSSR count). The van der Waals surface area contributed by atoms with Gasteiger partial charge in [-0.1, -0.05) is 0 Å². The van der Waals surface area contributed by atoms with Crippen LogP contribution in [0.4, 0.5) is 0 Å². The third kappa shape index (κ3) is 4.05. The summed E-state index contributed by atoms with van der Waals surface area (Å²) >= 11 is 0. The molecule has 7 heteroatoms. The smallest absolute Gasteiger partial charge is 0.340 e. The largest absolute Gasteiger partial charge is 0.507 e. The van der Waals surface area contributed by atoms with Crippen LogP contribution in [-0.2, 0) is 16.0 Å². The number of nitrogens with one attached hydrogen (secondary N) is 1. The predicted octanol–water partition coefficient (Wildman–Crippen LogP) is 1.11. The average Bonchev–Trinajstić information content (AvgIpc) is 2.58. The van der Waals surface area contributed by atoms with Crippen molar-refractivity contribution >= 4 is 16.9 Å². The highest BCUT2D eigenvalue weighted by molar-refractivity contribution is 5.89. The van der Waals surface area contributed by atoms with Gasteiger partial charge in [0.25, 0.3) is 0 Å². The number of carbonyl (C=O) groups is 1. The van der Waals surface area contributed by atoms with Gasteiger partial charge in [-0.3, -0.25) is 9.69 Å². The Morgan fingerprint density at radius 3 is 2.73 bits per heavy atom. The Hall–Kier alpha value is -2.38. The number of phenolic OH excluding ortho intramolecular Hbond substituents is 1. The van der Waals surface area contributed by atoms with Gasteiger partial charge >= 0.3 is 5.63 Å². The van der Waals surface area contributed by atoms with Crippen LogP contribution in [-0.4, -0.2) is 55.3 Å². The summed E-state index contributed by atoms with van der Waals surface area (Å²) < 4.78 is 10.6. The van der Waals surface area contributed by atoms with E-state index in [1.165, 1.54) is 0 Å². The van der Waals surface area contributed by atoms with E-state index in [9.17, 15) is 14.7 Å². The van der Waals surface area contributed by atoms with Crippen LogP contribution in [0, 0.1) is 13.8 Å². The molecular weight excluding hydrogens is 336 g/mol. The molecule has 1 fully saturated rings. The van der Waals surface area contributed by atoms with Crippen molar-refractivity contribution in [1.82, 2.24) is 10.2 Å². The molecule has 7 nitrogen and oxygen atoms in total. The number of aromatic hydroxyl groups is 1. The van der Waals surface area contributed by atoms with Gasteiger partial charge in [-0.25, -0.2) is 4.79 Å². The zero-order valence-corrected chi connectivity index (χ0v) is 15.1. The van der Waals surface area contributed by atoms with Gasteiger partial charge in [-0.15, -0.1) is 0 Å². The number of nitrogens with zero attached hydrogens (tertiary/aromatic N) is 1. The van der Waals surface area contributed by atoms with Gasteiger partial charge in [0.15, 0.2) is 0 Å². The Bertz CT molecular complexity index is 868. The number of hydrogen-bond acceptors (Lipinski definition) is 6. The van der Waals surface area contributed by atoms with Crippen molar-refractivity contribution < 1.29 is 19.1 Å². The fourth-order valence-corrected chi connectivity index (χ4v) is 3.26. The van der Waals surface area contributed by atoms with Gasteiger partial charge in [-0.2, -0.15) is 0 Å². The Morgan fingerprint density at radius 2 is 2.00 bits per heavy atom. The molecule has 0 spiro atoms. The fraction of sp³-hybridized carbons (Fsp3) is 0.474. The fourth-order valence-electron chi connectivity index (χ4n) is 3.26. The molecule has 2 aromatic rings. The van der Waals surface area contributed by atoms with E-state index in [0.717, 1.165) is 25.2 Å². The van der Waals surface area contributed by atoms with Crippen molar-refractivity contribution in [1.29, 1.82) is 0 Å². The van der Waals surface area contributed by atoms with Gasteiger partial charge < -0.3 is 19.6 Å². The van der Waals surface area contributed by atoms with E-state index in [4.69, 9.17) is 9.15 Å². The summed E-state index contributed by atoms with van der Waals surface area (Å²) in [5.41, 5.74) is 1.45. The minimum Gasteiger partial charge on any atom is -0.507 e. The van der Waals surface area contributed by atoms with E-state index in [-0.39, 0.29) is 23.6 Å². The molecule has 1 saturated heterocycles. The van der Waals surface area contributed by atoms with Crippen molar-refractivity contribution in [2.45, 2.75) is 20.3 Å². The lowest BCUT2D eigenvalue weighted by molar-refractivity contribution is -0.120. The van der Waals surface area contributed by atoms with Crippen molar-refractivity contribution in [3.63, 3.8) is 0 Å². The van der Waals surface area contributed by atoms with Gasteiger partial charge in [0.1, 0.15) is 11.3 Å². The average molecular weight is 360 g/mol. The van der Waals surface area contributed by atoms with E-state index >= 15 is 0 Å². The first-order chi connectivity index (χ1) is 12.5. The highest BCUT2D eigenvalue weighted by Crippen LogP contribution is 2.29. The standard InChI is InChI=1S/C19H24N2O5/c1-12-9-15(22)18-13(2)14(19(24)26-16(18)10-12)11-17(23)20-3-4-21-5-7-25-8-6-21/h9-10,22H,3-8,11H2,1-2H3,(H,20,23). The maximum absolute atomic E-state index is 12.3. The van der Waals surface area contributed by atoms with Crippen molar-refractivity contribution in [3.05, 3.63) is 39.2 Å². The first-order valence-electron chi connectivity index (χ1n) is 8.78. The number of hydrogen-bond donors (Lipinski definition) is 2.